The van der Waals surface area contributed by atoms with E-state index in [1.165, 1.54) is 16.4 Å². The zero-order valence-corrected chi connectivity index (χ0v) is 16.2. The minimum absolute atomic E-state index is 0.00838. The molecule has 142 valence electrons. The Bertz CT molecular complexity index is 1020. The predicted octanol–water partition coefficient (Wildman–Crippen LogP) is 3.75. The SMILES string of the molecule is O=C1C[C@@H](C(=O)Nc2cccc(Cl)c2)n2nc(SCc3ccccc3)nc2N1. The molecule has 1 aliphatic heterocycles. The summed E-state index contributed by atoms with van der Waals surface area (Å²) in [6, 6.07) is 16.0. The van der Waals surface area contributed by atoms with Crippen molar-refractivity contribution in [1.82, 2.24) is 14.8 Å². The van der Waals surface area contributed by atoms with Crippen LogP contribution in [0.25, 0.3) is 0 Å². The van der Waals surface area contributed by atoms with Gasteiger partial charge >= 0.3 is 0 Å². The largest absolute Gasteiger partial charge is 0.324 e. The number of anilines is 2. The average molecular weight is 414 g/mol. The summed E-state index contributed by atoms with van der Waals surface area (Å²) in [5, 5.41) is 10.9. The minimum atomic E-state index is -0.777. The molecule has 0 radical (unpaired) electrons. The highest BCUT2D eigenvalue weighted by Gasteiger charge is 2.33. The molecule has 2 amide bonds. The predicted molar refractivity (Wildman–Crippen MR) is 108 cm³/mol. The van der Waals surface area contributed by atoms with Crippen LogP contribution in [0.3, 0.4) is 0 Å². The fourth-order valence-electron chi connectivity index (χ4n) is 2.82. The van der Waals surface area contributed by atoms with Crippen molar-refractivity contribution in [2.75, 3.05) is 10.6 Å². The Balaban J connectivity index is 1.52. The first-order valence-corrected chi connectivity index (χ1v) is 9.94. The first-order valence-electron chi connectivity index (χ1n) is 8.58. The number of nitrogens with one attached hydrogen (secondary N) is 2. The second-order valence-electron chi connectivity index (χ2n) is 6.20. The molecular formula is C19H16ClN5O2S. The van der Waals surface area contributed by atoms with E-state index in [1.54, 1.807) is 24.3 Å². The quantitative estimate of drug-likeness (QED) is 0.622. The number of benzene rings is 2. The molecule has 4 rings (SSSR count). The van der Waals surface area contributed by atoms with Gasteiger partial charge in [-0.2, -0.15) is 4.98 Å². The third-order valence-corrected chi connectivity index (χ3v) is 5.29. The molecule has 0 saturated heterocycles. The third-order valence-electron chi connectivity index (χ3n) is 4.14. The van der Waals surface area contributed by atoms with Crippen LogP contribution in [0.2, 0.25) is 5.02 Å². The van der Waals surface area contributed by atoms with E-state index < -0.39 is 6.04 Å². The lowest BCUT2D eigenvalue weighted by Gasteiger charge is -2.22. The molecule has 3 aromatic rings. The first kappa shape index (κ1) is 18.5. The van der Waals surface area contributed by atoms with Gasteiger partial charge in [0.1, 0.15) is 6.04 Å². The second kappa shape index (κ2) is 8.04. The van der Waals surface area contributed by atoms with E-state index in [2.05, 4.69) is 20.7 Å². The maximum absolute atomic E-state index is 12.7. The van der Waals surface area contributed by atoms with Gasteiger partial charge in [0.05, 0.1) is 6.42 Å². The lowest BCUT2D eigenvalue weighted by Crippen LogP contribution is -2.36. The molecule has 2 aromatic carbocycles. The van der Waals surface area contributed by atoms with Crippen LogP contribution in [0.15, 0.2) is 59.8 Å². The molecule has 0 spiro atoms. The Morgan fingerprint density at radius 2 is 2.07 bits per heavy atom. The Labute approximate surface area is 170 Å². The third kappa shape index (κ3) is 4.18. The first-order chi connectivity index (χ1) is 13.6. The molecule has 0 fully saturated rings. The molecule has 9 heteroatoms. The summed E-state index contributed by atoms with van der Waals surface area (Å²) in [5.74, 6) is 0.351. The maximum Gasteiger partial charge on any atom is 0.249 e. The molecule has 7 nitrogen and oxygen atoms in total. The van der Waals surface area contributed by atoms with E-state index in [0.29, 0.717) is 21.6 Å². The number of thioether (sulfide) groups is 1. The molecule has 1 aliphatic rings. The van der Waals surface area contributed by atoms with Gasteiger partial charge in [-0.05, 0) is 23.8 Å². The summed E-state index contributed by atoms with van der Waals surface area (Å²) in [6.07, 6.45) is -0.00838. The lowest BCUT2D eigenvalue weighted by molar-refractivity contribution is -0.125. The van der Waals surface area contributed by atoms with Gasteiger partial charge < -0.3 is 5.32 Å². The molecule has 28 heavy (non-hydrogen) atoms. The van der Waals surface area contributed by atoms with Crippen LogP contribution in [0, 0.1) is 0 Å². The molecule has 1 aromatic heterocycles. The topological polar surface area (TPSA) is 88.9 Å². The Hall–Kier alpha value is -2.84. The van der Waals surface area contributed by atoms with Crippen molar-refractivity contribution in [3.05, 3.63) is 65.2 Å². The van der Waals surface area contributed by atoms with E-state index in [4.69, 9.17) is 11.6 Å². The zero-order valence-electron chi connectivity index (χ0n) is 14.6. The molecular weight excluding hydrogens is 398 g/mol. The molecule has 0 aliphatic carbocycles. The second-order valence-corrected chi connectivity index (χ2v) is 7.58. The number of aromatic nitrogens is 3. The van der Waals surface area contributed by atoms with Crippen molar-refractivity contribution in [3.63, 3.8) is 0 Å². The number of carbonyl (C=O) groups excluding carboxylic acids is 2. The summed E-state index contributed by atoms with van der Waals surface area (Å²) in [7, 11) is 0. The summed E-state index contributed by atoms with van der Waals surface area (Å²) in [4.78, 5) is 29.1. The van der Waals surface area contributed by atoms with Gasteiger partial charge in [0, 0.05) is 16.5 Å². The normalized spacial score (nSPS) is 15.6. The van der Waals surface area contributed by atoms with Crippen molar-refractivity contribution in [1.29, 1.82) is 0 Å². The molecule has 1 atom stereocenters. The van der Waals surface area contributed by atoms with Crippen molar-refractivity contribution in [3.8, 4) is 0 Å². The Kier molecular flexibility index (Phi) is 5.31. The molecule has 0 saturated carbocycles. The zero-order chi connectivity index (χ0) is 19.5. The monoisotopic (exact) mass is 413 g/mol. The van der Waals surface area contributed by atoms with E-state index in [1.807, 2.05) is 30.3 Å². The van der Waals surface area contributed by atoms with Crippen LogP contribution in [0.4, 0.5) is 11.6 Å². The maximum atomic E-state index is 12.7. The smallest absolute Gasteiger partial charge is 0.249 e. The number of carbonyl (C=O) groups is 2. The van der Waals surface area contributed by atoms with Crippen LogP contribution in [-0.2, 0) is 15.3 Å². The number of hydrogen-bond donors (Lipinski definition) is 2. The number of nitrogens with zero attached hydrogens (tertiary/aromatic N) is 3. The van der Waals surface area contributed by atoms with Crippen molar-refractivity contribution in [2.45, 2.75) is 23.4 Å². The van der Waals surface area contributed by atoms with Crippen LogP contribution < -0.4 is 10.6 Å². The highest BCUT2D eigenvalue weighted by Crippen LogP contribution is 2.28. The molecule has 0 unspecified atom stereocenters. The van der Waals surface area contributed by atoms with Gasteiger partial charge in [-0.25, -0.2) is 4.68 Å². The number of halogens is 1. The van der Waals surface area contributed by atoms with Gasteiger partial charge in [0.25, 0.3) is 0 Å². The number of rotatable bonds is 5. The van der Waals surface area contributed by atoms with Crippen LogP contribution in [-0.4, -0.2) is 26.6 Å². The van der Waals surface area contributed by atoms with E-state index >= 15 is 0 Å². The molecule has 2 N–H and O–H groups in total. The summed E-state index contributed by atoms with van der Waals surface area (Å²) in [5.41, 5.74) is 1.70. The standard InChI is InChI=1S/C19H16ClN5O2S/c20-13-7-4-8-14(9-13)21-17(27)15-10-16(26)22-18-23-19(24-25(15)18)28-11-12-5-2-1-3-6-12/h1-9,15H,10-11H2,(H,21,27)(H,22,23,24,26)/t15-/m0/s1. The van der Waals surface area contributed by atoms with Crippen LogP contribution in [0.5, 0.6) is 0 Å². The molecule has 0 bridgehead atoms. The summed E-state index contributed by atoms with van der Waals surface area (Å²) < 4.78 is 1.47. The fraction of sp³-hybridized carbons (Fsp3) is 0.158. The summed E-state index contributed by atoms with van der Waals surface area (Å²) in [6.45, 7) is 0. The Morgan fingerprint density at radius 3 is 2.86 bits per heavy atom. The number of fused-ring (bicyclic) bond motifs is 1. The van der Waals surface area contributed by atoms with Crippen molar-refractivity contribution >= 4 is 46.8 Å². The van der Waals surface area contributed by atoms with Gasteiger partial charge in [0.15, 0.2) is 0 Å². The lowest BCUT2D eigenvalue weighted by atomic mass is 10.1. The van der Waals surface area contributed by atoms with E-state index in [-0.39, 0.29) is 24.2 Å². The van der Waals surface area contributed by atoms with Crippen LogP contribution >= 0.6 is 23.4 Å². The summed E-state index contributed by atoms with van der Waals surface area (Å²) >= 11 is 7.41. The van der Waals surface area contributed by atoms with Gasteiger partial charge in [0.2, 0.25) is 22.9 Å². The Morgan fingerprint density at radius 1 is 1.25 bits per heavy atom. The highest BCUT2D eigenvalue weighted by molar-refractivity contribution is 7.98. The van der Waals surface area contributed by atoms with Crippen LogP contribution in [0.1, 0.15) is 18.0 Å². The number of hydrogen-bond acceptors (Lipinski definition) is 5. The van der Waals surface area contributed by atoms with Crippen molar-refractivity contribution < 1.29 is 9.59 Å². The van der Waals surface area contributed by atoms with Gasteiger partial charge in [-0.15, -0.1) is 5.10 Å². The minimum Gasteiger partial charge on any atom is -0.324 e. The van der Waals surface area contributed by atoms with Gasteiger partial charge in [-0.3, -0.25) is 14.9 Å². The van der Waals surface area contributed by atoms with Gasteiger partial charge in [-0.1, -0.05) is 59.8 Å². The van der Waals surface area contributed by atoms with Crippen molar-refractivity contribution in [2.24, 2.45) is 0 Å². The average Bonchev–Trinajstić information content (AvgIpc) is 3.09. The molecule has 2 heterocycles. The van der Waals surface area contributed by atoms with E-state index in [0.717, 1.165) is 5.56 Å². The fourth-order valence-corrected chi connectivity index (χ4v) is 3.80. The van der Waals surface area contributed by atoms with E-state index in [9.17, 15) is 9.59 Å². The highest BCUT2D eigenvalue weighted by atomic mass is 35.5. The number of amides is 2.